The van der Waals surface area contributed by atoms with Crippen LogP contribution in [0.3, 0.4) is 0 Å². The average molecular weight is 486 g/mol. The number of hydrogen-bond acceptors (Lipinski definition) is 2. The van der Waals surface area contributed by atoms with Crippen molar-refractivity contribution in [3.8, 4) is 11.3 Å². The zero-order valence-electron chi connectivity index (χ0n) is 15.3. The van der Waals surface area contributed by atoms with Crippen LogP contribution in [0, 0.1) is 6.92 Å². The van der Waals surface area contributed by atoms with E-state index in [1.807, 2.05) is 49.4 Å². The third-order valence-corrected chi connectivity index (χ3v) is 5.86. The first kappa shape index (κ1) is 19.9. The number of rotatable bonds is 3. The van der Waals surface area contributed by atoms with E-state index in [9.17, 15) is 4.79 Å². The smallest absolute Gasteiger partial charge is 0.256 e. The Morgan fingerprint density at radius 2 is 1.76 bits per heavy atom. The van der Waals surface area contributed by atoms with Crippen LogP contribution in [0.1, 0.15) is 15.9 Å². The van der Waals surface area contributed by atoms with Crippen molar-refractivity contribution in [2.45, 2.75) is 6.92 Å². The van der Waals surface area contributed by atoms with Gasteiger partial charge in [-0.3, -0.25) is 4.79 Å². The van der Waals surface area contributed by atoms with Gasteiger partial charge in [0.2, 0.25) is 0 Å². The minimum atomic E-state index is -0.281. The van der Waals surface area contributed by atoms with E-state index in [2.05, 4.69) is 21.2 Å². The summed E-state index contributed by atoms with van der Waals surface area (Å²) in [5, 5.41) is 4.32. The first-order valence-electron chi connectivity index (χ1n) is 8.86. The van der Waals surface area contributed by atoms with Crippen LogP contribution in [-0.2, 0) is 0 Å². The van der Waals surface area contributed by atoms with Gasteiger partial charge < -0.3 is 5.32 Å². The molecular weight excluding hydrogens is 471 g/mol. The molecule has 0 unspecified atom stereocenters. The second kappa shape index (κ2) is 8.15. The van der Waals surface area contributed by atoms with E-state index in [4.69, 9.17) is 28.2 Å². The second-order valence-corrected chi connectivity index (χ2v) is 8.30. The number of carbonyl (C=O) groups is 1. The van der Waals surface area contributed by atoms with Gasteiger partial charge in [0.1, 0.15) is 0 Å². The molecule has 6 heteroatoms. The Balaban J connectivity index is 1.89. The van der Waals surface area contributed by atoms with E-state index in [1.165, 1.54) is 0 Å². The molecule has 3 aromatic carbocycles. The molecule has 0 spiro atoms. The van der Waals surface area contributed by atoms with Crippen LogP contribution < -0.4 is 5.32 Å². The molecule has 0 aliphatic carbocycles. The predicted molar refractivity (Wildman–Crippen MR) is 124 cm³/mol. The highest BCUT2D eigenvalue weighted by molar-refractivity contribution is 9.10. The quantitative estimate of drug-likeness (QED) is 0.325. The van der Waals surface area contributed by atoms with Gasteiger partial charge >= 0.3 is 0 Å². The number of hydrogen-bond donors (Lipinski definition) is 1. The van der Waals surface area contributed by atoms with E-state index in [-0.39, 0.29) is 5.91 Å². The summed E-state index contributed by atoms with van der Waals surface area (Å²) in [6, 6.07) is 20.6. The van der Waals surface area contributed by atoms with Crippen LogP contribution in [-0.4, -0.2) is 10.9 Å². The monoisotopic (exact) mass is 484 g/mol. The number of carbonyl (C=O) groups excluding carboxylic acids is 1. The van der Waals surface area contributed by atoms with Gasteiger partial charge in [-0.2, -0.15) is 0 Å². The van der Waals surface area contributed by atoms with Crippen molar-refractivity contribution in [2.24, 2.45) is 0 Å². The molecule has 1 aromatic heterocycles. The third kappa shape index (κ3) is 4.01. The summed E-state index contributed by atoms with van der Waals surface area (Å²) in [7, 11) is 0. The zero-order valence-corrected chi connectivity index (χ0v) is 18.4. The fraction of sp³-hybridized carbons (Fsp3) is 0.0435. The molecule has 0 bridgehead atoms. The highest BCUT2D eigenvalue weighted by atomic mass is 79.9. The number of benzene rings is 3. The first-order chi connectivity index (χ1) is 13.9. The fourth-order valence-electron chi connectivity index (χ4n) is 3.19. The normalized spacial score (nSPS) is 10.9. The zero-order chi connectivity index (χ0) is 20.5. The Morgan fingerprint density at radius 3 is 2.52 bits per heavy atom. The minimum Gasteiger partial charge on any atom is -0.321 e. The molecule has 144 valence electrons. The summed E-state index contributed by atoms with van der Waals surface area (Å²) in [6.45, 7) is 1.98. The van der Waals surface area contributed by atoms with E-state index < -0.39 is 0 Å². The minimum absolute atomic E-state index is 0.281. The van der Waals surface area contributed by atoms with E-state index in [0.29, 0.717) is 21.3 Å². The number of halogens is 3. The molecule has 1 N–H and O–H groups in total. The molecule has 4 aromatic rings. The molecule has 0 aliphatic heterocycles. The summed E-state index contributed by atoms with van der Waals surface area (Å²) in [6.07, 6.45) is 0. The number of nitrogens with zero attached hydrogens (tertiary/aromatic N) is 1. The molecule has 1 amide bonds. The fourth-order valence-corrected chi connectivity index (χ4v) is 4.11. The van der Waals surface area contributed by atoms with Crippen LogP contribution in [0.2, 0.25) is 10.0 Å². The highest BCUT2D eigenvalue weighted by Crippen LogP contribution is 2.32. The summed E-state index contributed by atoms with van der Waals surface area (Å²) in [5.41, 5.74) is 4.38. The van der Waals surface area contributed by atoms with Gasteiger partial charge in [0.25, 0.3) is 5.91 Å². The average Bonchev–Trinajstić information content (AvgIpc) is 2.71. The number of pyridine rings is 1. The second-order valence-electron chi connectivity index (χ2n) is 6.60. The van der Waals surface area contributed by atoms with Crippen LogP contribution in [0.15, 0.2) is 71.2 Å². The third-order valence-electron chi connectivity index (χ3n) is 4.58. The summed E-state index contributed by atoms with van der Waals surface area (Å²) in [4.78, 5) is 18.1. The van der Waals surface area contributed by atoms with Crippen molar-refractivity contribution in [3.05, 3.63) is 92.4 Å². The van der Waals surface area contributed by atoms with Crippen molar-refractivity contribution in [3.63, 3.8) is 0 Å². The van der Waals surface area contributed by atoms with Gasteiger partial charge in [0.15, 0.2) is 0 Å². The largest absolute Gasteiger partial charge is 0.321 e. The Hall–Kier alpha value is -2.40. The standard InChI is InChI=1S/C23H15BrCl2N2O/c1-13-10-15(24)11-16-17(23(29)28-19-9-5-8-18(25)21(19)26)12-20(27-22(13)16)14-6-3-2-4-7-14/h2-12H,1H3,(H,28,29). The lowest BCUT2D eigenvalue weighted by Gasteiger charge is -2.13. The number of aromatic nitrogens is 1. The van der Waals surface area contributed by atoms with E-state index in [1.54, 1.807) is 24.3 Å². The van der Waals surface area contributed by atoms with Crippen LogP contribution >= 0.6 is 39.1 Å². The molecule has 3 nitrogen and oxygen atoms in total. The lowest BCUT2D eigenvalue weighted by molar-refractivity contribution is 0.102. The van der Waals surface area contributed by atoms with Gasteiger partial charge in [-0.05, 0) is 42.8 Å². The van der Waals surface area contributed by atoms with Crippen molar-refractivity contribution >= 4 is 61.6 Å². The lowest BCUT2D eigenvalue weighted by atomic mass is 10.0. The topological polar surface area (TPSA) is 42.0 Å². The number of nitrogens with one attached hydrogen (secondary N) is 1. The van der Waals surface area contributed by atoms with Crippen molar-refractivity contribution in [1.82, 2.24) is 4.98 Å². The maximum Gasteiger partial charge on any atom is 0.256 e. The maximum absolute atomic E-state index is 13.2. The first-order valence-corrected chi connectivity index (χ1v) is 10.4. The Labute approximate surface area is 186 Å². The maximum atomic E-state index is 13.2. The SMILES string of the molecule is Cc1cc(Br)cc2c(C(=O)Nc3cccc(Cl)c3Cl)cc(-c3ccccc3)nc12. The molecule has 1 heterocycles. The molecule has 0 fully saturated rings. The molecule has 0 saturated heterocycles. The molecular formula is C23H15BrCl2N2O. The Kier molecular flexibility index (Phi) is 5.59. The van der Waals surface area contributed by atoms with Crippen LogP contribution in [0.25, 0.3) is 22.2 Å². The number of amides is 1. The number of aryl methyl sites for hydroxylation is 1. The van der Waals surface area contributed by atoms with Gasteiger partial charge in [-0.25, -0.2) is 4.98 Å². The summed E-state index contributed by atoms with van der Waals surface area (Å²) in [5.74, 6) is -0.281. The molecule has 0 saturated carbocycles. The van der Waals surface area contributed by atoms with Gasteiger partial charge in [-0.15, -0.1) is 0 Å². The molecule has 29 heavy (non-hydrogen) atoms. The Morgan fingerprint density at radius 1 is 1.00 bits per heavy atom. The summed E-state index contributed by atoms with van der Waals surface area (Å²) < 4.78 is 0.881. The number of fused-ring (bicyclic) bond motifs is 1. The molecule has 0 atom stereocenters. The van der Waals surface area contributed by atoms with Crippen LogP contribution in [0.5, 0.6) is 0 Å². The van der Waals surface area contributed by atoms with E-state index >= 15 is 0 Å². The molecule has 4 rings (SSSR count). The summed E-state index contributed by atoms with van der Waals surface area (Å²) >= 11 is 15.9. The Bertz CT molecular complexity index is 1240. The van der Waals surface area contributed by atoms with Gasteiger partial charge in [0.05, 0.1) is 32.5 Å². The van der Waals surface area contributed by atoms with Gasteiger partial charge in [-0.1, -0.05) is 75.5 Å². The molecule has 0 aliphatic rings. The number of anilines is 1. The van der Waals surface area contributed by atoms with Crippen molar-refractivity contribution in [1.29, 1.82) is 0 Å². The van der Waals surface area contributed by atoms with Gasteiger partial charge in [0, 0.05) is 15.4 Å². The van der Waals surface area contributed by atoms with Crippen molar-refractivity contribution in [2.75, 3.05) is 5.32 Å². The van der Waals surface area contributed by atoms with E-state index in [0.717, 1.165) is 32.2 Å². The lowest BCUT2D eigenvalue weighted by Crippen LogP contribution is -2.13. The van der Waals surface area contributed by atoms with Crippen LogP contribution in [0.4, 0.5) is 5.69 Å². The van der Waals surface area contributed by atoms with Crippen molar-refractivity contribution < 1.29 is 4.79 Å². The highest BCUT2D eigenvalue weighted by Gasteiger charge is 2.17. The molecule has 0 radical (unpaired) electrons. The predicted octanol–water partition coefficient (Wildman–Crippen LogP) is 7.53.